The molecule has 1 heterocycles. The fourth-order valence-corrected chi connectivity index (χ4v) is 1.63. The van der Waals surface area contributed by atoms with Crippen molar-refractivity contribution < 1.29 is 4.74 Å². The van der Waals surface area contributed by atoms with E-state index < -0.39 is 0 Å². The van der Waals surface area contributed by atoms with Crippen LogP contribution in [0.1, 0.15) is 26.0 Å². The Morgan fingerprint density at radius 1 is 1.38 bits per heavy atom. The van der Waals surface area contributed by atoms with Gasteiger partial charge in [-0.2, -0.15) is 0 Å². The molecule has 0 bridgehead atoms. The van der Waals surface area contributed by atoms with E-state index in [0.29, 0.717) is 12.0 Å². The van der Waals surface area contributed by atoms with Gasteiger partial charge in [-0.05, 0) is 31.4 Å². The number of rotatable bonds is 6. The fraction of sp³-hybridized carbons (Fsp3) is 0.615. The van der Waals surface area contributed by atoms with E-state index in [2.05, 4.69) is 24.1 Å². The van der Waals surface area contributed by atoms with Crippen molar-refractivity contribution in [3.8, 4) is 0 Å². The van der Waals surface area contributed by atoms with Gasteiger partial charge in [0, 0.05) is 25.5 Å². The number of nitrogens with one attached hydrogen (secondary N) is 1. The Hall–Kier alpha value is -1.09. The maximum atomic E-state index is 5.12. The highest BCUT2D eigenvalue weighted by atomic mass is 16.5. The molecule has 0 amide bonds. The summed E-state index contributed by atoms with van der Waals surface area (Å²) in [5.74, 6) is 1.52. The van der Waals surface area contributed by atoms with Crippen LogP contribution >= 0.6 is 0 Å². The van der Waals surface area contributed by atoms with E-state index in [1.807, 2.05) is 25.1 Å². The van der Waals surface area contributed by atoms with Gasteiger partial charge in [-0.15, -0.1) is 0 Å². The maximum Gasteiger partial charge on any atom is 0.126 e. The molecule has 0 aromatic carbocycles. The number of hydrogen-bond acceptors (Lipinski definition) is 3. The van der Waals surface area contributed by atoms with E-state index in [4.69, 9.17) is 4.74 Å². The van der Waals surface area contributed by atoms with E-state index >= 15 is 0 Å². The summed E-state index contributed by atoms with van der Waals surface area (Å²) in [6, 6.07) is 6.45. The molecule has 0 aliphatic heterocycles. The number of pyridine rings is 1. The molecule has 0 saturated heterocycles. The Morgan fingerprint density at radius 3 is 2.69 bits per heavy atom. The van der Waals surface area contributed by atoms with E-state index in [9.17, 15) is 0 Å². The highest BCUT2D eigenvalue weighted by Gasteiger charge is 2.13. The average molecular weight is 222 g/mol. The lowest BCUT2D eigenvalue weighted by Crippen LogP contribution is -2.27. The molecule has 0 saturated carbocycles. The van der Waals surface area contributed by atoms with Gasteiger partial charge in [0.2, 0.25) is 0 Å². The maximum absolute atomic E-state index is 5.12. The van der Waals surface area contributed by atoms with Crippen molar-refractivity contribution in [3.63, 3.8) is 0 Å². The third-order valence-corrected chi connectivity index (χ3v) is 2.66. The van der Waals surface area contributed by atoms with Gasteiger partial charge >= 0.3 is 0 Å². The van der Waals surface area contributed by atoms with Gasteiger partial charge in [-0.1, -0.05) is 19.9 Å². The van der Waals surface area contributed by atoms with E-state index in [1.165, 1.54) is 0 Å². The third-order valence-electron chi connectivity index (χ3n) is 2.66. The monoisotopic (exact) mass is 222 g/mol. The first-order chi connectivity index (χ1) is 7.63. The van der Waals surface area contributed by atoms with Crippen LogP contribution in [0, 0.1) is 12.8 Å². The van der Waals surface area contributed by atoms with Gasteiger partial charge in [0.05, 0.1) is 0 Å². The zero-order valence-electron chi connectivity index (χ0n) is 10.7. The predicted octanol–water partition coefficient (Wildman–Crippen LogP) is 2.86. The lowest BCUT2D eigenvalue weighted by molar-refractivity contribution is 0.184. The van der Waals surface area contributed by atoms with Crippen LogP contribution in [0.3, 0.4) is 0 Å². The summed E-state index contributed by atoms with van der Waals surface area (Å²) >= 11 is 0. The summed E-state index contributed by atoms with van der Waals surface area (Å²) in [6.07, 6.45) is 1.00. The molecule has 1 aromatic heterocycles. The minimum absolute atomic E-state index is 0.411. The van der Waals surface area contributed by atoms with Gasteiger partial charge in [-0.3, -0.25) is 0 Å². The molecular weight excluding hydrogens is 200 g/mol. The summed E-state index contributed by atoms with van der Waals surface area (Å²) in [7, 11) is 1.74. The van der Waals surface area contributed by atoms with Crippen LogP contribution in [0.2, 0.25) is 0 Å². The number of ether oxygens (including phenoxy) is 1. The van der Waals surface area contributed by atoms with E-state index in [0.717, 1.165) is 24.5 Å². The minimum atomic E-state index is 0.411. The minimum Gasteiger partial charge on any atom is -0.385 e. The van der Waals surface area contributed by atoms with Crippen molar-refractivity contribution in [1.82, 2.24) is 4.98 Å². The van der Waals surface area contributed by atoms with Gasteiger partial charge in [-0.25, -0.2) is 4.98 Å². The molecule has 0 spiro atoms. The molecule has 90 valence electrons. The molecule has 1 aromatic rings. The van der Waals surface area contributed by atoms with Gasteiger partial charge in [0.15, 0.2) is 0 Å². The highest BCUT2D eigenvalue weighted by Crippen LogP contribution is 2.13. The first-order valence-corrected chi connectivity index (χ1v) is 5.82. The quantitative estimate of drug-likeness (QED) is 0.803. The number of methoxy groups -OCH3 is 1. The largest absolute Gasteiger partial charge is 0.385 e. The predicted molar refractivity (Wildman–Crippen MR) is 67.7 cm³/mol. The Bertz CT molecular complexity index is 313. The van der Waals surface area contributed by atoms with Gasteiger partial charge < -0.3 is 10.1 Å². The summed E-state index contributed by atoms with van der Waals surface area (Å²) in [4.78, 5) is 4.45. The number of nitrogens with zero attached hydrogens (tertiary/aromatic N) is 1. The van der Waals surface area contributed by atoms with Crippen LogP contribution in [0.25, 0.3) is 0 Å². The third kappa shape index (κ3) is 4.19. The van der Waals surface area contributed by atoms with Crippen molar-refractivity contribution in [2.75, 3.05) is 19.0 Å². The molecule has 0 aliphatic carbocycles. The number of aryl methyl sites for hydroxylation is 1. The van der Waals surface area contributed by atoms with E-state index in [1.54, 1.807) is 7.11 Å². The lowest BCUT2D eigenvalue weighted by atomic mass is 10.0. The van der Waals surface area contributed by atoms with Crippen LogP contribution in [0.4, 0.5) is 5.82 Å². The van der Waals surface area contributed by atoms with Gasteiger partial charge in [0.1, 0.15) is 5.82 Å². The van der Waals surface area contributed by atoms with Gasteiger partial charge in [0.25, 0.3) is 0 Å². The van der Waals surface area contributed by atoms with Crippen molar-refractivity contribution in [3.05, 3.63) is 23.9 Å². The Balaban J connectivity index is 2.60. The number of hydrogen-bond donors (Lipinski definition) is 1. The normalized spacial score (nSPS) is 12.8. The first kappa shape index (κ1) is 13.0. The summed E-state index contributed by atoms with van der Waals surface area (Å²) in [5, 5.41) is 3.46. The summed E-state index contributed by atoms with van der Waals surface area (Å²) in [5.41, 5.74) is 1.04. The molecule has 16 heavy (non-hydrogen) atoms. The van der Waals surface area contributed by atoms with Crippen LogP contribution in [0.5, 0.6) is 0 Å². The van der Waals surface area contributed by atoms with Crippen LogP contribution in [0.15, 0.2) is 18.2 Å². The van der Waals surface area contributed by atoms with Crippen LogP contribution in [-0.2, 0) is 4.74 Å². The summed E-state index contributed by atoms with van der Waals surface area (Å²) in [6.45, 7) is 7.21. The lowest BCUT2D eigenvalue weighted by Gasteiger charge is -2.22. The molecule has 1 atom stereocenters. The summed E-state index contributed by atoms with van der Waals surface area (Å²) < 4.78 is 5.12. The van der Waals surface area contributed by atoms with Crippen LogP contribution in [-0.4, -0.2) is 24.7 Å². The molecule has 3 nitrogen and oxygen atoms in total. The molecular formula is C13H22N2O. The molecule has 0 fully saturated rings. The van der Waals surface area contributed by atoms with Crippen LogP contribution < -0.4 is 5.32 Å². The van der Waals surface area contributed by atoms with Crippen molar-refractivity contribution >= 4 is 5.82 Å². The average Bonchev–Trinajstić information content (AvgIpc) is 2.24. The van der Waals surface area contributed by atoms with Crippen molar-refractivity contribution in [1.29, 1.82) is 0 Å². The first-order valence-electron chi connectivity index (χ1n) is 5.82. The molecule has 1 unspecified atom stereocenters. The SMILES string of the molecule is COCCC(Nc1cccc(C)n1)C(C)C. The smallest absolute Gasteiger partial charge is 0.126 e. The second kappa shape index (κ2) is 6.48. The van der Waals surface area contributed by atoms with E-state index in [-0.39, 0.29) is 0 Å². The number of aromatic nitrogens is 1. The number of anilines is 1. The second-order valence-corrected chi connectivity index (χ2v) is 4.44. The molecule has 0 aliphatic rings. The molecule has 1 rings (SSSR count). The Morgan fingerprint density at radius 2 is 2.12 bits per heavy atom. The van der Waals surface area contributed by atoms with Crippen molar-refractivity contribution in [2.45, 2.75) is 33.2 Å². The van der Waals surface area contributed by atoms with Crippen molar-refractivity contribution in [2.24, 2.45) is 5.92 Å². The second-order valence-electron chi connectivity index (χ2n) is 4.44. The standard InChI is InChI=1S/C13H22N2O/c1-10(2)12(8-9-16-4)15-13-7-5-6-11(3)14-13/h5-7,10,12H,8-9H2,1-4H3,(H,14,15). The molecule has 0 radical (unpaired) electrons. The molecule has 3 heteroatoms. The Labute approximate surface area is 98.2 Å². The zero-order chi connectivity index (χ0) is 12.0. The topological polar surface area (TPSA) is 34.1 Å². The fourth-order valence-electron chi connectivity index (χ4n) is 1.63. The Kier molecular flexibility index (Phi) is 5.26. The zero-order valence-corrected chi connectivity index (χ0v) is 10.7. The highest BCUT2D eigenvalue weighted by molar-refractivity contribution is 5.36. The molecule has 1 N–H and O–H groups in total.